The molecular formula is C16H30N4. The Balaban J connectivity index is 2.16. The number of likely N-dealkylation sites (N-methyl/N-ethyl adjacent to an activating group) is 1. The van der Waals surface area contributed by atoms with E-state index in [0.717, 1.165) is 13.0 Å². The van der Waals surface area contributed by atoms with Gasteiger partial charge in [0.15, 0.2) is 0 Å². The fourth-order valence-electron chi connectivity index (χ4n) is 3.65. The lowest BCUT2D eigenvalue weighted by atomic mass is 9.84. The van der Waals surface area contributed by atoms with Crippen molar-refractivity contribution in [2.45, 2.75) is 57.0 Å². The van der Waals surface area contributed by atoms with E-state index in [1.54, 1.807) is 0 Å². The summed E-state index contributed by atoms with van der Waals surface area (Å²) in [4.78, 5) is 2.45. The van der Waals surface area contributed by atoms with E-state index in [0.29, 0.717) is 11.6 Å². The van der Waals surface area contributed by atoms with Gasteiger partial charge in [0.2, 0.25) is 0 Å². The van der Waals surface area contributed by atoms with Gasteiger partial charge in [-0.3, -0.25) is 4.68 Å². The van der Waals surface area contributed by atoms with Crippen LogP contribution in [0.4, 0.5) is 0 Å². The number of hydrogen-bond donors (Lipinski definition) is 1. The molecule has 0 radical (unpaired) electrons. The van der Waals surface area contributed by atoms with Gasteiger partial charge in [-0.25, -0.2) is 0 Å². The van der Waals surface area contributed by atoms with Crippen molar-refractivity contribution in [3.05, 3.63) is 18.0 Å². The summed E-state index contributed by atoms with van der Waals surface area (Å²) >= 11 is 0. The van der Waals surface area contributed by atoms with Gasteiger partial charge in [-0.1, -0.05) is 19.8 Å². The summed E-state index contributed by atoms with van der Waals surface area (Å²) in [6.07, 6.45) is 9.56. The van der Waals surface area contributed by atoms with Crippen LogP contribution < -0.4 is 5.32 Å². The number of aromatic nitrogens is 2. The topological polar surface area (TPSA) is 33.1 Å². The van der Waals surface area contributed by atoms with Crippen molar-refractivity contribution in [3.63, 3.8) is 0 Å². The Morgan fingerprint density at radius 1 is 1.40 bits per heavy atom. The summed E-state index contributed by atoms with van der Waals surface area (Å²) < 4.78 is 1.91. The lowest BCUT2D eigenvalue weighted by Crippen LogP contribution is -2.58. The van der Waals surface area contributed by atoms with Gasteiger partial charge in [0.1, 0.15) is 0 Å². The lowest BCUT2D eigenvalue weighted by Gasteiger charge is -2.43. The first kappa shape index (κ1) is 15.5. The number of rotatable bonds is 7. The average Bonchev–Trinajstić information content (AvgIpc) is 3.04. The van der Waals surface area contributed by atoms with E-state index in [4.69, 9.17) is 0 Å². The second-order valence-electron chi connectivity index (χ2n) is 6.40. The molecule has 1 aliphatic carbocycles. The smallest absolute Gasteiger partial charge is 0.0640 e. The molecule has 1 fully saturated rings. The maximum atomic E-state index is 4.58. The van der Waals surface area contributed by atoms with E-state index < -0.39 is 0 Å². The van der Waals surface area contributed by atoms with E-state index in [-0.39, 0.29) is 0 Å². The summed E-state index contributed by atoms with van der Waals surface area (Å²) in [6, 6.07) is 2.65. The van der Waals surface area contributed by atoms with Crippen LogP contribution in [0.2, 0.25) is 0 Å². The van der Waals surface area contributed by atoms with Gasteiger partial charge in [0.25, 0.3) is 0 Å². The molecule has 0 amide bonds. The predicted molar refractivity (Wildman–Crippen MR) is 83.9 cm³/mol. The third kappa shape index (κ3) is 3.23. The van der Waals surface area contributed by atoms with Crippen molar-refractivity contribution in [2.24, 2.45) is 7.05 Å². The van der Waals surface area contributed by atoms with E-state index in [1.165, 1.54) is 37.8 Å². The molecule has 1 N–H and O–H groups in total. The molecule has 1 atom stereocenters. The SMILES string of the molecule is CCCNC(Cc1ccn(C)n1)C1(N(C)C)CCCC1. The van der Waals surface area contributed by atoms with Gasteiger partial charge >= 0.3 is 0 Å². The highest BCUT2D eigenvalue weighted by Crippen LogP contribution is 2.37. The van der Waals surface area contributed by atoms with Crippen molar-refractivity contribution in [2.75, 3.05) is 20.6 Å². The lowest BCUT2D eigenvalue weighted by molar-refractivity contribution is 0.104. The van der Waals surface area contributed by atoms with Crippen molar-refractivity contribution >= 4 is 0 Å². The van der Waals surface area contributed by atoms with Crippen molar-refractivity contribution in [1.29, 1.82) is 0 Å². The van der Waals surface area contributed by atoms with Crippen LogP contribution in [0.3, 0.4) is 0 Å². The van der Waals surface area contributed by atoms with Gasteiger partial charge in [0.05, 0.1) is 5.69 Å². The van der Waals surface area contributed by atoms with Gasteiger partial charge in [-0.05, 0) is 46.0 Å². The quantitative estimate of drug-likeness (QED) is 0.830. The Morgan fingerprint density at radius 3 is 2.60 bits per heavy atom. The summed E-state index contributed by atoms with van der Waals surface area (Å²) in [5.41, 5.74) is 1.50. The van der Waals surface area contributed by atoms with Crippen LogP contribution in [0.25, 0.3) is 0 Å². The normalized spacial score (nSPS) is 19.6. The van der Waals surface area contributed by atoms with Crippen molar-refractivity contribution < 1.29 is 0 Å². The Labute approximate surface area is 123 Å². The average molecular weight is 278 g/mol. The number of aryl methyl sites for hydroxylation is 1. The van der Waals surface area contributed by atoms with Gasteiger partial charge in [0, 0.05) is 31.2 Å². The van der Waals surface area contributed by atoms with Gasteiger partial charge < -0.3 is 10.2 Å². The number of hydrogen-bond acceptors (Lipinski definition) is 3. The second-order valence-corrected chi connectivity index (χ2v) is 6.40. The largest absolute Gasteiger partial charge is 0.312 e. The van der Waals surface area contributed by atoms with Crippen LogP contribution in [-0.2, 0) is 13.5 Å². The molecule has 1 unspecified atom stereocenters. The first-order valence-corrected chi connectivity index (χ1v) is 7.98. The third-order valence-corrected chi connectivity index (χ3v) is 4.83. The first-order chi connectivity index (χ1) is 9.58. The minimum atomic E-state index is 0.298. The van der Waals surface area contributed by atoms with E-state index in [9.17, 15) is 0 Å². The molecule has 0 aromatic carbocycles. The van der Waals surface area contributed by atoms with Crippen LogP contribution >= 0.6 is 0 Å². The Morgan fingerprint density at radius 2 is 2.10 bits per heavy atom. The minimum absolute atomic E-state index is 0.298. The molecule has 4 nitrogen and oxygen atoms in total. The summed E-state index contributed by atoms with van der Waals surface area (Å²) in [5, 5.41) is 8.38. The number of nitrogens with zero attached hydrogens (tertiary/aromatic N) is 3. The van der Waals surface area contributed by atoms with Crippen LogP contribution in [0.5, 0.6) is 0 Å². The van der Waals surface area contributed by atoms with Gasteiger partial charge in [-0.15, -0.1) is 0 Å². The van der Waals surface area contributed by atoms with Crippen LogP contribution in [0, 0.1) is 0 Å². The first-order valence-electron chi connectivity index (χ1n) is 7.98. The maximum Gasteiger partial charge on any atom is 0.0640 e. The third-order valence-electron chi connectivity index (χ3n) is 4.83. The molecular weight excluding hydrogens is 248 g/mol. The molecule has 4 heteroatoms. The molecule has 1 aromatic rings. The predicted octanol–water partition coefficient (Wildman–Crippen LogP) is 2.21. The molecule has 0 spiro atoms. The highest BCUT2D eigenvalue weighted by molar-refractivity contribution is 5.09. The van der Waals surface area contributed by atoms with Crippen molar-refractivity contribution in [3.8, 4) is 0 Å². The molecule has 1 aliphatic rings. The summed E-state index contributed by atoms with van der Waals surface area (Å²) in [5.74, 6) is 0. The molecule has 20 heavy (non-hydrogen) atoms. The zero-order valence-corrected chi connectivity index (χ0v) is 13.5. The van der Waals surface area contributed by atoms with Crippen molar-refractivity contribution in [1.82, 2.24) is 20.0 Å². The van der Waals surface area contributed by atoms with Crippen LogP contribution in [-0.4, -0.2) is 46.9 Å². The Hall–Kier alpha value is -0.870. The molecule has 1 aromatic heterocycles. The molecule has 0 saturated heterocycles. The fourth-order valence-corrected chi connectivity index (χ4v) is 3.65. The fraction of sp³-hybridized carbons (Fsp3) is 0.812. The second kappa shape index (κ2) is 6.72. The summed E-state index contributed by atoms with van der Waals surface area (Å²) in [7, 11) is 6.48. The van der Waals surface area contributed by atoms with E-state index >= 15 is 0 Å². The Bertz CT molecular complexity index is 404. The zero-order chi connectivity index (χ0) is 14.6. The van der Waals surface area contributed by atoms with Gasteiger partial charge in [-0.2, -0.15) is 5.10 Å². The van der Waals surface area contributed by atoms with E-state index in [1.807, 2.05) is 17.9 Å². The maximum absolute atomic E-state index is 4.58. The standard InChI is InChI=1S/C16H30N4/c1-5-11-17-15(13-14-8-12-20(4)18-14)16(19(2)3)9-6-7-10-16/h8,12,15,17H,5-7,9-11,13H2,1-4H3. The molecule has 1 saturated carbocycles. The molecule has 0 bridgehead atoms. The van der Waals surface area contributed by atoms with Crippen LogP contribution in [0.15, 0.2) is 12.3 Å². The molecule has 1 heterocycles. The number of nitrogens with one attached hydrogen (secondary N) is 1. The zero-order valence-electron chi connectivity index (χ0n) is 13.5. The Kier molecular flexibility index (Phi) is 5.22. The monoisotopic (exact) mass is 278 g/mol. The molecule has 0 aliphatic heterocycles. The molecule has 114 valence electrons. The minimum Gasteiger partial charge on any atom is -0.312 e. The van der Waals surface area contributed by atoms with E-state index in [2.05, 4.69) is 42.4 Å². The highest BCUT2D eigenvalue weighted by atomic mass is 15.3. The summed E-state index contributed by atoms with van der Waals surface area (Å²) in [6.45, 7) is 3.33. The molecule has 2 rings (SSSR count). The highest BCUT2D eigenvalue weighted by Gasteiger charge is 2.42. The van der Waals surface area contributed by atoms with Crippen LogP contribution in [0.1, 0.15) is 44.7 Å².